The molecule has 26 heavy (non-hydrogen) atoms. The Morgan fingerprint density at radius 1 is 1.00 bits per heavy atom. The first-order chi connectivity index (χ1) is 12.8. The van der Waals surface area contributed by atoms with Crippen molar-refractivity contribution in [2.45, 2.75) is 70.3 Å². The predicted octanol–water partition coefficient (Wildman–Crippen LogP) is 3.17. The fourth-order valence-corrected chi connectivity index (χ4v) is 4.23. The van der Waals surface area contributed by atoms with E-state index >= 15 is 0 Å². The maximum Gasteiger partial charge on any atom is 0.404 e. The number of nitrogens with one attached hydrogen (secondary N) is 1. The first-order valence-electron chi connectivity index (χ1n) is 10.8. The zero-order chi connectivity index (χ0) is 18.5. The SMILES string of the molecule is O=C(O)NCCCCCCN(CCCN1CCOCC1)C1CCCCC1. The number of carboxylic acid groups (broad SMARTS) is 1. The number of rotatable bonds is 12. The topological polar surface area (TPSA) is 65.0 Å². The van der Waals surface area contributed by atoms with E-state index in [-0.39, 0.29) is 0 Å². The highest BCUT2D eigenvalue weighted by molar-refractivity contribution is 5.64. The van der Waals surface area contributed by atoms with E-state index in [4.69, 9.17) is 9.84 Å². The van der Waals surface area contributed by atoms with Crippen LogP contribution in [0.2, 0.25) is 0 Å². The number of hydrogen-bond donors (Lipinski definition) is 2. The van der Waals surface area contributed by atoms with Crippen molar-refractivity contribution in [2.75, 3.05) is 52.5 Å². The molecule has 1 saturated heterocycles. The molecule has 2 N–H and O–H groups in total. The van der Waals surface area contributed by atoms with Gasteiger partial charge in [0, 0.05) is 25.7 Å². The summed E-state index contributed by atoms with van der Waals surface area (Å²) in [5, 5.41) is 11.0. The highest BCUT2D eigenvalue weighted by atomic mass is 16.5. The van der Waals surface area contributed by atoms with E-state index in [9.17, 15) is 4.79 Å². The minimum absolute atomic E-state index is 0.585. The Morgan fingerprint density at radius 3 is 2.42 bits per heavy atom. The summed E-state index contributed by atoms with van der Waals surface area (Å²) in [6, 6.07) is 0.794. The monoisotopic (exact) mass is 369 g/mol. The van der Waals surface area contributed by atoms with E-state index in [1.165, 1.54) is 71.0 Å². The largest absolute Gasteiger partial charge is 0.465 e. The summed E-state index contributed by atoms with van der Waals surface area (Å²) in [4.78, 5) is 15.7. The van der Waals surface area contributed by atoms with Gasteiger partial charge in [-0.25, -0.2) is 4.79 Å². The van der Waals surface area contributed by atoms with Crippen molar-refractivity contribution in [1.29, 1.82) is 0 Å². The Bertz CT molecular complexity index is 369. The van der Waals surface area contributed by atoms with Crippen molar-refractivity contribution in [3.05, 3.63) is 0 Å². The Hall–Kier alpha value is -0.850. The number of ether oxygens (including phenoxy) is 1. The van der Waals surface area contributed by atoms with Crippen LogP contribution in [-0.4, -0.2) is 79.5 Å². The second-order valence-corrected chi connectivity index (χ2v) is 7.78. The van der Waals surface area contributed by atoms with E-state index in [0.717, 1.165) is 45.2 Å². The summed E-state index contributed by atoms with van der Waals surface area (Å²) in [6.45, 7) is 8.19. The van der Waals surface area contributed by atoms with Gasteiger partial charge in [0.15, 0.2) is 0 Å². The number of carbonyl (C=O) groups is 1. The molecule has 152 valence electrons. The number of unbranched alkanes of at least 4 members (excludes halogenated alkanes) is 3. The van der Waals surface area contributed by atoms with Crippen molar-refractivity contribution >= 4 is 6.09 Å². The van der Waals surface area contributed by atoms with Crippen molar-refractivity contribution in [3.63, 3.8) is 0 Å². The van der Waals surface area contributed by atoms with Crippen LogP contribution in [0.25, 0.3) is 0 Å². The third-order valence-corrected chi connectivity index (χ3v) is 5.76. The number of amides is 1. The van der Waals surface area contributed by atoms with Crippen LogP contribution < -0.4 is 5.32 Å². The summed E-state index contributed by atoms with van der Waals surface area (Å²) in [7, 11) is 0. The summed E-state index contributed by atoms with van der Waals surface area (Å²) in [5.41, 5.74) is 0. The van der Waals surface area contributed by atoms with Gasteiger partial charge in [-0.05, 0) is 51.7 Å². The van der Waals surface area contributed by atoms with Crippen LogP contribution in [0.3, 0.4) is 0 Å². The van der Waals surface area contributed by atoms with Crippen LogP contribution in [0, 0.1) is 0 Å². The zero-order valence-corrected chi connectivity index (χ0v) is 16.5. The van der Waals surface area contributed by atoms with E-state index in [1.807, 2.05) is 0 Å². The normalized spacial score (nSPS) is 19.7. The maximum atomic E-state index is 10.4. The van der Waals surface area contributed by atoms with E-state index < -0.39 is 6.09 Å². The van der Waals surface area contributed by atoms with Gasteiger partial charge in [0.1, 0.15) is 0 Å². The number of morpholine rings is 1. The number of hydrogen-bond acceptors (Lipinski definition) is 4. The minimum atomic E-state index is -0.909. The molecule has 1 aliphatic heterocycles. The minimum Gasteiger partial charge on any atom is -0.465 e. The van der Waals surface area contributed by atoms with Crippen LogP contribution >= 0.6 is 0 Å². The molecule has 1 saturated carbocycles. The molecule has 0 unspecified atom stereocenters. The lowest BCUT2D eigenvalue weighted by Gasteiger charge is -2.35. The summed E-state index contributed by atoms with van der Waals surface area (Å²) < 4.78 is 5.44. The second-order valence-electron chi connectivity index (χ2n) is 7.78. The fraction of sp³-hybridized carbons (Fsp3) is 0.950. The highest BCUT2D eigenvalue weighted by Crippen LogP contribution is 2.23. The van der Waals surface area contributed by atoms with E-state index in [0.29, 0.717) is 6.54 Å². The smallest absolute Gasteiger partial charge is 0.404 e. The van der Waals surface area contributed by atoms with Crippen LogP contribution in [0.15, 0.2) is 0 Å². The van der Waals surface area contributed by atoms with Crippen LogP contribution in [0.5, 0.6) is 0 Å². The Balaban J connectivity index is 1.61. The van der Waals surface area contributed by atoms with Gasteiger partial charge < -0.3 is 20.1 Å². The molecule has 1 aliphatic carbocycles. The third kappa shape index (κ3) is 9.19. The first-order valence-corrected chi connectivity index (χ1v) is 10.8. The molecular weight excluding hydrogens is 330 g/mol. The molecule has 0 radical (unpaired) electrons. The highest BCUT2D eigenvalue weighted by Gasteiger charge is 2.20. The second kappa shape index (κ2) is 13.3. The van der Waals surface area contributed by atoms with Gasteiger partial charge in [-0.15, -0.1) is 0 Å². The molecule has 6 heteroatoms. The van der Waals surface area contributed by atoms with Crippen molar-refractivity contribution in [2.24, 2.45) is 0 Å². The lowest BCUT2D eigenvalue weighted by atomic mass is 9.93. The third-order valence-electron chi connectivity index (χ3n) is 5.76. The predicted molar refractivity (Wildman–Crippen MR) is 105 cm³/mol. The summed E-state index contributed by atoms with van der Waals surface area (Å²) >= 11 is 0. The van der Waals surface area contributed by atoms with Crippen molar-refractivity contribution < 1.29 is 14.6 Å². The van der Waals surface area contributed by atoms with Gasteiger partial charge in [0.25, 0.3) is 0 Å². The molecule has 2 fully saturated rings. The molecule has 1 heterocycles. The lowest BCUT2D eigenvalue weighted by molar-refractivity contribution is 0.0348. The van der Waals surface area contributed by atoms with Gasteiger partial charge in [-0.1, -0.05) is 32.1 Å². The maximum absolute atomic E-state index is 10.4. The van der Waals surface area contributed by atoms with Crippen LogP contribution in [-0.2, 0) is 4.74 Å². The van der Waals surface area contributed by atoms with Gasteiger partial charge in [0.2, 0.25) is 0 Å². The molecular formula is C20H39N3O3. The molecule has 2 rings (SSSR count). The van der Waals surface area contributed by atoms with Gasteiger partial charge >= 0.3 is 6.09 Å². The Morgan fingerprint density at radius 2 is 1.69 bits per heavy atom. The molecule has 0 aromatic rings. The van der Waals surface area contributed by atoms with Crippen molar-refractivity contribution in [1.82, 2.24) is 15.1 Å². The van der Waals surface area contributed by atoms with Gasteiger partial charge in [0.05, 0.1) is 13.2 Å². The lowest BCUT2D eigenvalue weighted by Crippen LogP contribution is -2.41. The molecule has 6 nitrogen and oxygen atoms in total. The van der Waals surface area contributed by atoms with Crippen molar-refractivity contribution in [3.8, 4) is 0 Å². The molecule has 1 amide bonds. The van der Waals surface area contributed by atoms with Gasteiger partial charge in [-0.3, -0.25) is 4.90 Å². The molecule has 0 spiro atoms. The molecule has 0 aromatic heterocycles. The van der Waals surface area contributed by atoms with Crippen LogP contribution in [0.1, 0.15) is 64.2 Å². The average Bonchev–Trinajstić information content (AvgIpc) is 2.67. The van der Waals surface area contributed by atoms with E-state index in [1.54, 1.807) is 0 Å². The molecule has 2 aliphatic rings. The fourth-order valence-electron chi connectivity index (χ4n) is 4.23. The Labute approximate surface area is 159 Å². The zero-order valence-electron chi connectivity index (χ0n) is 16.5. The average molecular weight is 370 g/mol. The quantitative estimate of drug-likeness (QED) is 0.517. The van der Waals surface area contributed by atoms with Gasteiger partial charge in [-0.2, -0.15) is 0 Å². The van der Waals surface area contributed by atoms with E-state index in [2.05, 4.69) is 15.1 Å². The molecule has 0 atom stereocenters. The standard InChI is InChI=1S/C20H39N3O3/c24-20(25)21-11-6-1-2-7-13-23(19-9-4-3-5-10-19)14-8-12-22-15-17-26-18-16-22/h19,21H,1-18H2,(H,24,25). The summed E-state index contributed by atoms with van der Waals surface area (Å²) in [6.07, 6.45) is 11.8. The number of nitrogens with zero attached hydrogens (tertiary/aromatic N) is 2. The van der Waals surface area contributed by atoms with Crippen LogP contribution in [0.4, 0.5) is 4.79 Å². The first kappa shape index (κ1) is 21.5. The summed E-state index contributed by atoms with van der Waals surface area (Å²) in [5.74, 6) is 0. The molecule has 0 aromatic carbocycles. The Kier molecular flexibility index (Phi) is 11.0. The molecule has 0 bridgehead atoms.